The van der Waals surface area contributed by atoms with Crippen LogP contribution in [0, 0.1) is 6.92 Å². The molecule has 0 bridgehead atoms. The largest absolute Gasteiger partial charge is 0.388 e. The number of aryl methyl sites for hydroxylation is 1. The van der Waals surface area contributed by atoms with Crippen LogP contribution in [0.1, 0.15) is 5.56 Å². The highest BCUT2D eigenvalue weighted by atomic mass is 32.1. The van der Waals surface area contributed by atoms with Crippen LogP contribution >= 0.6 is 11.3 Å². The lowest BCUT2D eigenvalue weighted by atomic mass is 10.1. The second-order valence-electron chi connectivity index (χ2n) is 4.44. The molecule has 3 aromatic rings. The molecule has 1 heterocycles. The Bertz CT molecular complexity index is 718. The van der Waals surface area contributed by atoms with Crippen LogP contribution in [0.2, 0.25) is 0 Å². The van der Waals surface area contributed by atoms with Crippen molar-refractivity contribution < 1.29 is 0 Å². The maximum absolute atomic E-state index is 4.34. The van der Waals surface area contributed by atoms with Gasteiger partial charge >= 0.3 is 0 Å². The molecule has 1 aromatic heterocycles. The molecule has 0 spiro atoms. The van der Waals surface area contributed by atoms with Gasteiger partial charge in [0.1, 0.15) is 0 Å². The lowest BCUT2D eigenvalue weighted by molar-refractivity contribution is 1.41. The number of thiazole rings is 1. The van der Waals surface area contributed by atoms with Gasteiger partial charge in [0, 0.05) is 24.1 Å². The Morgan fingerprint density at radius 3 is 2.74 bits per heavy atom. The standard InChI is InChI=1S/C15H15N3S/c1-10-3-4-11(16-2)7-13(10)18-12-5-6-15-14(8-12)17-9-19-15/h3-9,16,18H,1-2H3. The summed E-state index contributed by atoms with van der Waals surface area (Å²) >= 11 is 1.66. The lowest BCUT2D eigenvalue weighted by Crippen LogP contribution is -1.95. The first-order chi connectivity index (χ1) is 9.26. The first kappa shape index (κ1) is 12.0. The van der Waals surface area contributed by atoms with Crippen molar-refractivity contribution in [3.8, 4) is 0 Å². The number of nitrogens with zero attached hydrogens (tertiary/aromatic N) is 1. The van der Waals surface area contributed by atoms with Crippen molar-refractivity contribution >= 4 is 38.6 Å². The molecular weight excluding hydrogens is 254 g/mol. The Morgan fingerprint density at radius 1 is 1.05 bits per heavy atom. The minimum atomic E-state index is 1.04. The van der Waals surface area contributed by atoms with Crippen molar-refractivity contribution in [3.63, 3.8) is 0 Å². The maximum Gasteiger partial charge on any atom is 0.0832 e. The van der Waals surface area contributed by atoms with Crippen LogP contribution in [0.5, 0.6) is 0 Å². The molecule has 0 saturated heterocycles. The quantitative estimate of drug-likeness (QED) is 0.740. The number of benzene rings is 2. The van der Waals surface area contributed by atoms with E-state index in [0.29, 0.717) is 0 Å². The highest BCUT2D eigenvalue weighted by Crippen LogP contribution is 2.27. The number of hydrogen-bond donors (Lipinski definition) is 2. The number of aromatic nitrogens is 1. The molecule has 3 rings (SSSR count). The van der Waals surface area contributed by atoms with Crippen LogP contribution in [-0.4, -0.2) is 12.0 Å². The van der Waals surface area contributed by atoms with Gasteiger partial charge in [-0.05, 0) is 42.8 Å². The Balaban J connectivity index is 1.95. The van der Waals surface area contributed by atoms with Crippen LogP contribution in [0.15, 0.2) is 41.9 Å². The van der Waals surface area contributed by atoms with E-state index >= 15 is 0 Å². The molecule has 0 radical (unpaired) electrons. The van der Waals surface area contributed by atoms with Gasteiger partial charge in [-0.15, -0.1) is 11.3 Å². The molecule has 19 heavy (non-hydrogen) atoms. The van der Waals surface area contributed by atoms with Gasteiger partial charge in [-0.3, -0.25) is 0 Å². The lowest BCUT2D eigenvalue weighted by Gasteiger charge is -2.11. The Morgan fingerprint density at radius 2 is 1.89 bits per heavy atom. The molecule has 0 saturated carbocycles. The van der Waals surface area contributed by atoms with E-state index in [4.69, 9.17) is 0 Å². The van der Waals surface area contributed by atoms with Crippen LogP contribution in [0.3, 0.4) is 0 Å². The summed E-state index contributed by atoms with van der Waals surface area (Å²) in [7, 11) is 1.93. The molecule has 0 fully saturated rings. The topological polar surface area (TPSA) is 37.0 Å². The third-order valence-corrected chi connectivity index (χ3v) is 3.95. The molecule has 3 nitrogen and oxygen atoms in total. The molecule has 0 amide bonds. The minimum Gasteiger partial charge on any atom is -0.388 e. The van der Waals surface area contributed by atoms with Gasteiger partial charge in [-0.25, -0.2) is 4.98 Å². The molecule has 0 aliphatic carbocycles. The second-order valence-corrected chi connectivity index (χ2v) is 5.33. The van der Waals surface area contributed by atoms with Gasteiger partial charge in [-0.2, -0.15) is 0 Å². The van der Waals surface area contributed by atoms with E-state index in [1.165, 1.54) is 10.3 Å². The first-order valence-electron chi connectivity index (χ1n) is 6.15. The summed E-state index contributed by atoms with van der Waals surface area (Å²) < 4.78 is 1.21. The molecule has 0 unspecified atom stereocenters. The van der Waals surface area contributed by atoms with E-state index in [2.05, 4.69) is 58.9 Å². The third kappa shape index (κ3) is 2.39. The van der Waals surface area contributed by atoms with E-state index in [9.17, 15) is 0 Å². The van der Waals surface area contributed by atoms with E-state index in [1.54, 1.807) is 11.3 Å². The zero-order chi connectivity index (χ0) is 13.2. The predicted octanol–water partition coefficient (Wildman–Crippen LogP) is 4.39. The van der Waals surface area contributed by atoms with Crippen molar-refractivity contribution in [1.29, 1.82) is 0 Å². The number of nitrogens with one attached hydrogen (secondary N) is 2. The van der Waals surface area contributed by atoms with Gasteiger partial charge in [0.2, 0.25) is 0 Å². The van der Waals surface area contributed by atoms with E-state index in [1.807, 2.05) is 12.6 Å². The molecule has 2 aromatic carbocycles. The van der Waals surface area contributed by atoms with E-state index in [0.717, 1.165) is 22.6 Å². The summed E-state index contributed by atoms with van der Waals surface area (Å²) in [6, 6.07) is 12.6. The van der Waals surface area contributed by atoms with Crippen molar-refractivity contribution in [2.45, 2.75) is 6.92 Å². The molecular formula is C15H15N3S. The highest BCUT2D eigenvalue weighted by Gasteiger charge is 2.02. The van der Waals surface area contributed by atoms with Crippen molar-refractivity contribution in [1.82, 2.24) is 4.98 Å². The monoisotopic (exact) mass is 269 g/mol. The van der Waals surface area contributed by atoms with Gasteiger partial charge in [0.05, 0.1) is 15.7 Å². The average molecular weight is 269 g/mol. The summed E-state index contributed by atoms with van der Waals surface area (Å²) in [6.45, 7) is 2.10. The minimum absolute atomic E-state index is 1.04. The van der Waals surface area contributed by atoms with E-state index in [-0.39, 0.29) is 0 Å². The van der Waals surface area contributed by atoms with Crippen molar-refractivity contribution in [3.05, 3.63) is 47.5 Å². The SMILES string of the molecule is CNc1ccc(C)c(Nc2ccc3scnc3c2)c1. The molecule has 4 heteroatoms. The average Bonchev–Trinajstić information content (AvgIpc) is 2.89. The summed E-state index contributed by atoms with van der Waals surface area (Å²) in [4.78, 5) is 4.34. The summed E-state index contributed by atoms with van der Waals surface area (Å²) in [6.07, 6.45) is 0. The first-order valence-corrected chi connectivity index (χ1v) is 7.03. The Kier molecular flexibility index (Phi) is 3.09. The smallest absolute Gasteiger partial charge is 0.0832 e. The maximum atomic E-state index is 4.34. The van der Waals surface area contributed by atoms with Crippen molar-refractivity contribution in [2.24, 2.45) is 0 Å². The number of hydrogen-bond acceptors (Lipinski definition) is 4. The summed E-state index contributed by atoms with van der Waals surface area (Å²) in [5.74, 6) is 0. The number of fused-ring (bicyclic) bond motifs is 1. The fourth-order valence-electron chi connectivity index (χ4n) is 2.00. The zero-order valence-corrected chi connectivity index (χ0v) is 11.7. The molecule has 2 N–H and O–H groups in total. The van der Waals surface area contributed by atoms with Crippen molar-refractivity contribution in [2.75, 3.05) is 17.7 Å². The number of rotatable bonds is 3. The zero-order valence-electron chi connectivity index (χ0n) is 10.9. The van der Waals surface area contributed by atoms with Crippen LogP contribution in [0.25, 0.3) is 10.2 Å². The van der Waals surface area contributed by atoms with Gasteiger partial charge in [0.15, 0.2) is 0 Å². The normalized spacial score (nSPS) is 10.6. The fraction of sp³-hybridized carbons (Fsp3) is 0.133. The molecule has 0 aliphatic heterocycles. The Labute approximate surface area is 116 Å². The summed E-state index contributed by atoms with van der Waals surface area (Å²) in [5.41, 5.74) is 7.41. The molecule has 0 atom stereocenters. The third-order valence-electron chi connectivity index (χ3n) is 3.14. The highest BCUT2D eigenvalue weighted by molar-refractivity contribution is 7.16. The molecule has 96 valence electrons. The number of anilines is 3. The Hall–Kier alpha value is -2.07. The summed E-state index contributed by atoms with van der Waals surface area (Å²) in [5, 5.41) is 6.61. The predicted molar refractivity (Wildman–Crippen MR) is 83.6 cm³/mol. The second kappa shape index (κ2) is 4.90. The fourth-order valence-corrected chi connectivity index (χ4v) is 2.66. The van der Waals surface area contributed by atoms with Gasteiger partial charge in [0.25, 0.3) is 0 Å². The van der Waals surface area contributed by atoms with Crippen LogP contribution in [-0.2, 0) is 0 Å². The van der Waals surface area contributed by atoms with E-state index < -0.39 is 0 Å². The van der Waals surface area contributed by atoms with Gasteiger partial charge in [-0.1, -0.05) is 6.07 Å². The van der Waals surface area contributed by atoms with Crippen LogP contribution in [0.4, 0.5) is 17.1 Å². The van der Waals surface area contributed by atoms with Gasteiger partial charge < -0.3 is 10.6 Å². The van der Waals surface area contributed by atoms with Crippen LogP contribution < -0.4 is 10.6 Å². The molecule has 0 aliphatic rings.